The Balaban J connectivity index is 1.94. The van der Waals surface area contributed by atoms with E-state index in [1.165, 1.54) is 25.7 Å². The topological polar surface area (TPSA) is 29.1 Å². The average Bonchev–Trinajstić information content (AvgIpc) is 2.49. The third-order valence-electron chi connectivity index (χ3n) is 3.39. The van der Waals surface area contributed by atoms with E-state index in [0.29, 0.717) is 13.0 Å². The van der Waals surface area contributed by atoms with Gasteiger partial charge < -0.3 is 5.32 Å². The Morgan fingerprint density at radius 1 is 1.00 bits per heavy atom. The largest absolute Gasteiger partial charge is 0.352 e. The first-order valence-electron chi connectivity index (χ1n) is 7.74. The van der Waals surface area contributed by atoms with Crippen LogP contribution in [-0.4, -0.2) is 5.91 Å². The molecule has 0 fully saturated rings. The Labute approximate surface area is 123 Å². The normalized spacial score (nSPS) is 10.2. The molecule has 0 heterocycles. The molecule has 1 amide bonds. The summed E-state index contributed by atoms with van der Waals surface area (Å²) < 4.78 is 0. The van der Waals surface area contributed by atoms with E-state index < -0.39 is 0 Å². The number of allylic oxidation sites excluding steroid dienone is 1. The number of unbranched alkanes of at least 4 members (excludes halogenated alkanes) is 6. The third kappa shape index (κ3) is 8.52. The molecular weight excluding hydrogens is 246 g/mol. The Morgan fingerprint density at radius 3 is 2.35 bits per heavy atom. The molecule has 110 valence electrons. The van der Waals surface area contributed by atoms with Crippen LogP contribution in [-0.2, 0) is 11.3 Å². The summed E-state index contributed by atoms with van der Waals surface area (Å²) in [6.07, 6.45) is 11.0. The van der Waals surface area contributed by atoms with Crippen molar-refractivity contribution in [2.24, 2.45) is 0 Å². The van der Waals surface area contributed by atoms with Gasteiger partial charge in [-0.15, -0.1) is 6.58 Å². The van der Waals surface area contributed by atoms with Crippen molar-refractivity contribution in [1.29, 1.82) is 0 Å². The van der Waals surface area contributed by atoms with Crippen molar-refractivity contribution in [2.75, 3.05) is 0 Å². The zero-order valence-electron chi connectivity index (χ0n) is 12.4. The second-order valence-electron chi connectivity index (χ2n) is 5.21. The van der Waals surface area contributed by atoms with E-state index in [9.17, 15) is 4.79 Å². The number of carbonyl (C=O) groups is 1. The Bertz CT molecular complexity index is 372. The van der Waals surface area contributed by atoms with Crippen molar-refractivity contribution in [3.63, 3.8) is 0 Å². The Kier molecular flexibility index (Phi) is 9.29. The molecule has 1 N–H and O–H groups in total. The van der Waals surface area contributed by atoms with Crippen molar-refractivity contribution >= 4 is 5.91 Å². The minimum Gasteiger partial charge on any atom is -0.352 e. The lowest BCUT2D eigenvalue weighted by Crippen LogP contribution is -2.22. The quantitative estimate of drug-likeness (QED) is 0.463. The van der Waals surface area contributed by atoms with Gasteiger partial charge in [0.25, 0.3) is 0 Å². The summed E-state index contributed by atoms with van der Waals surface area (Å²) in [5, 5.41) is 2.97. The summed E-state index contributed by atoms with van der Waals surface area (Å²) in [6, 6.07) is 10.0. The fraction of sp³-hybridized carbons (Fsp3) is 0.500. The average molecular weight is 273 g/mol. The first-order valence-corrected chi connectivity index (χ1v) is 7.74. The number of rotatable bonds is 11. The molecule has 0 radical (unpaired) electrons. The predicted octanol–water partition coefficient (Wildman–Crippen LogP) is 4.61. The zero-order valence-corrected chi connectivity index (χ0v) is 12.4. The molecule has 0 aliphatic heterocycles. The molecule has 0 aliphatic carbocycles. The van der Waals surface area contributed by atoms with Crippen LogP contribution in [0.1, 0.15) is 56.9 Å². The van der Waals surface area contributed by atoms with Gasteiger partial charge in [-0.05, 0) is 24.8 Å². The molecule has 1 aromatic carbocycles. The lowest BCUT2D eigenvalue weighted by Gasteiger charge is -2.05. The van der Waals surface area contributed by atoms with Gasteiger partial charge in [0, 0.05) is 13.0 Å². The van der Waals surface area contributed by atoms with Gasteiger partial charge in [-0.25, -0.2) is 0 Å². The maximum absolute atomic E-state index is 11.7. The maximum atomic E-state index is 11.7. The van der Waals surface area contributed by atoms with Gasteiger partial charge in [0.15, 0.2) is 0 Å². The standard InChI is InChI=1S/C18H27NO/c1-2-3-4-5-6-7-8-12-15-18(20)19-16-17-13-10-9-11-14-17/h2,9-11,13-14H,1,3-8,12,15-16H2,(H,19,20). The van der Waals surface area contributed by atoms with Crippen LogP contribution >= 0.6 is 0 Å². The maximum Gasteiger partial charge on any atom is 0.220 e. The summed E-state index contributed by atoms with van der Waals surface area (Å²) in [4.78, 5) is 11.7. The number of hydrogen-bond donors (Lipinski definition) is 1. The number of amides is 1. The van der Waals surface area contributed by atoms with Crippen molar-refractivity contribution in [3.8, 4) is 0 Å². The fourth-order valence-corrected chi connectivity index (χ4v) is 2.17. The molecule has 20 heavy (non-hydrogen) atoms. The third-order valence-corrected chi connectivity index (χ3v) is 3.39. The molecule has 0 spiro atoms. The van der Waals surface area contributed by atoms with Gasteiger partial charge in [-0.3, -0.25) is 4.79 Å². The van der Waals surface area contributed by atoms with Crippen LogP contribution in [0.3, 0.4) is 0 Å². The highest BCUT2D eigenvalue weighted by atomic mass is 16.1. The Morgan fingerprint density at radius 2 is 1.65 bits per heavy atom. The van der Waals surface area contributed by atoms with Gasteiger partial charge in [0.2, 0.25) is 5.91 Å². The van der Waals surface area contributed by atoms with Gasteiger partial charge >= 0.3 is 0 Å². The molecule has 0 aromatic heterocycles. The van der Waals surface area contributed by atoms with E-state index in [4.69, 9.17) is 0 Å². The minimum absolute atomic E-state index is 0.167. The smallest absolute Gasteiger partial charge is 0.220 e. The lowest BCUT2D eigenvalue weighted by atomic mass is 10.1. The number of carbonyl (C=O) groups excluding carboxylic acids is 1. The van der Waals surface area contributed by atoms with E-state index in [1.807, 2.05) is 36.4 Å². The van der Waals surface area contributed by atoms with Gasteiger partial charge in [-0.1, -0.05) is 62.1 Å². The highest BCUT2D eigenvalue weighted by Crippen LogP contribution is 2.08. The van der Waals surface area contributed by atoms with Gasteiger partial charge in [-0.2, -0.15) is 0 Å². The predicted molar refractivity (Wildman–Crippen MR) is 85.4 cm³/mol. The summed E-state index contributed by atoms with van der Waals surface area (Å²) in [7, 11) is 0. The molecule has 0 aliphatic rings. The SMILES string of the molecule is C=CCCCCCCCCC(=O)NCc1ccccc1. The van der Waals surface area contributed by atoms with Crippen LogP contribution in [0.4, 0.5) is 0 Å². The number of hydrogen-bond acceptors (Lipinski definition) is 1. The van der Waals surface area contributed by atoms with E-state index in [1.54, 1.807) is 0 Å². The lowest BCUT2D eigenvalue weighted by molar-refractivity contribution is -0.121. The summed E-state index contributed by atoms with van der Waals surface area (Å²) in [5.41, 5.74) is 1.16. The van der Waals surface area contributed by atoms with Crippen LogP contribution in [0.5, 0.6) is 0 Å². The van der Waals surface area contributed by atoms with Gasteiger partial charge in [0.1, 0.15) is 0 Å². The molecule has 1 rings (SSSR count). The second-order valence-corrected chi connectivity index (χ2v) is 5.21. The fourth-order valence-electron chi connectivity index (χ4n) is 2.17. The van der Waals surface area contributed by atoms with E-state index in [0.717, 1.165) is 24.8 Å². The first kappa shape index (κ1) is 16.5. The zero-order chi connectivity index (χ0) is 14.5. The van der Waals surface area contributed by atoms with Crippen molar-refractivity contribution in [2.45, 2.75) is 57.9 Å². The molecule has 1 aromatic rings. The molecule has 2 nitrogen and oxygen atoms in total. The summed E-state index contributed by atoms with van der Waals surface area (Å²) >= 11 is 0. The highest BCUT2D eigenvalue weighted by molar-refractivity contribution is 5.75. The van der Waals surface area contributed by atoms with Crippen LogP contribution in [0, 0.1) is 0 Å². The van der Waals surface area contributed by atoms with Crippen LogP contribution in [0.15, 0.2) is 43.0 Å². The van der Waals surface area contributed by atoms with Crippen LogP contribution in [0.2, 0.25) is 0 Å². The molecular formula is C18H27NO. The Hall–Kier alpha value is -1.57. The second kappa shape index (κ2) is 11.3. The van der Waals surface area contributed by atoms with E-state index in [2.05, 4.69) is 11.9 Å². The number of benzene rings is 1. The van der Waals surface area contributed by atoms with Crippen LogP contribution in [0.25, 0.3) is 0 Å². The van der Waals surface area contributed by atoms with Gasteiger partial charge in [0.05, 0.1) is 0 Å². The molecule has 0 unspecified atom stereocenters. The van der Waals surface area contributed by atoms with Crippen LogP contribution < -0.4 is 5.32 Å². The monoisotopic (exact) mass is 273 g/mol. The summed E-state index contributed by atoms with van der Waals surface area (Å²) in [6.45, 7) is 4.36. The molecule has 2 heteroatoms. The van der Waals surface area contributed by atoms with Crippen molar-refractivity contribution < 1.29 is 4.79 Å². The number of nitrogens with one attached hydrogen (secondary N) is 1. The molecule has 0 bridgehead atoms. The molecule has 0 saturated carbocycles. The molecule has 0 atom stereocenters. The summed E-state index contributed by atoms with van der Waals surface area (Å²) in [5.74, 6) is 0.167. The highest BCUT2D eigenvalue weighted by Gasteiger charge is 2.00. The van der Waals surface area contributed by atoms with E-state index in [-0.39, 0.29) is 5.91 Å². The molecule has 0 saturated heterocycles. The minimum atomic E-state index is 0.167. The first-order chi connectivity index (χ1) is 9.83. The van der Waals surface area contributed by atoms with E-state index >= 15 is 0 Å². The van der Waals surface area contributed by atoms with Crippen molar-refractivity contribution in [1.82, 2.24) is 5.32 Å². The van der Waals surface area contributed by atoms with Crippen molar-refractivity contribution in [3.05, 3.63) is 48.6 Å².